The summed E-state index contributed by atoms with van der Waals surface area (Å²) in [4.78, 5) is 28.8. The minimum atomic E-state index is -0.479. The number of carbonyl (C=O) groups excluding carboxylic acids is 1. The van der Waals surface area contributed by atoms with Crippen LogP contribution in [0.25, 0.3) is 11.0 Å². The van der Waals surface area contributed by atoms with Gasteiger partial charge in [-0.1, -0.05) is 6.07 Å². The lowest BCUT2D eigenvalue weighted by Crippen LogP contribution is -2.37. The van der Waals surface area contributed by atoms with E-state index in [0.29, 0.717) is 23.6 Å². The molecular formula is C32H33FN6O4. The lowest BCUT2D eigenvalue weighted by atomic mass is 9.95. The fourth-order valence-corrected chi connectivity index (χ4v) is 5.76. The summed E-state index contributed by atoms with van der Waals surface area (Å²) in [6, 6.07) is 13.5. The van der Waals surface area contributed by atoms with E-state index in [1.165, 1.54) is 13.2 Å². The first-order chi connectivity index (χ1) is 20.9. The third kappa shape index (κ3) is 6.07. The van der Waals surface area contributed by atoms with Crippen LogP contribution in [-0.4, -0.2) is 63.3 Å². The van der Waals surface area contributed by atoms with E-state index in [9.17, 15) is 9.18 Å². The van der Waals surface area contributed by atoms with Gasteiger partial charge in [-0.05, 0) is 69.6 Å². The van der Waals surface area contributed by atoms with Crippen molar-refractivity contribution in [2.45, 2.75) is 57.4 Å². The van der Waals surface area contributed by atoms with Crippen LogP contribution in [0, 0.1) is 17.1 Å². The molecule has 222 valence electrons. The molecule has 2 fully saturated rings. The number of nitriles is 1. The lowest BCUT2D eigenvalue weighted by molar-refractivity contribution is -0.0594. The highest BCUT2D eigenvalue weighted by atomic mass is 19.1. The highest BCUT2D eigenvalue weighted by molar-refractivity contribution is 5.93. The van der Waals surface area contributed by atoms with Crippen LogP contribution < -0.4 is 4.74 Å². The molecule has 0 bridgehead atoms. The molecule has 2 atom stereocenters. The molecule has 0 saturated carbocycles. The molecule has 0 aliphatic carbocycles. The number of hydrogen-bond acceptors (Lipinski definition) is 9. The van der Waals surface area contributed by atoms with Crippen LogP contribution in [-0.2, 0) is 22.6 Å². The van der Waals surface area contributed by atoms with E-state index in [-0.39, 0.29) is 36.2 Å². The number of nitrogens with zero attached hydrogens (tertiary/aromatic N) is 6. The van der Waals surface area contributed by atoms with Gasteiger partial charge in [0, 0.05) is 30.4 Å². The van der Waals surface area contributed by atoms with Crippen molar-refractivity contribution in [3.63, 3.8) is 0 Å². The zero-order valence-electron chi connectivity index (χ0n) is 24.2. The standard InChI is InChI=1S/C32H33FN6O4/c1-20(31-36-27-6-5-23(32(40)41-2)16-28(27)39(31)18-25-10-14-42-25)38-12-8-22(9-13-38)30-35-11-7-29(37-30)43-19-24-4-3-21(17-34)15-26(24)33/h3-7,11,15-16,20,22,25H,8-10,12-14,18-19H2,1-2H3/t20?,25-/m0/s1. The number of aromatic nitrogens is 4. The summed E-state index contributed by atoms with van der Waals surface area (Å²) in [5.41, 5.74) is 2.87. The maximum Gasteiger partial charge on any atom is 0.337 e. The van der Waals surface area contributed by atoms with Crippen molar-refractivity contribution in [3.05, 3.63) is 82.8 Å². The molecule has 4 heterocycles. The highest BCUT2D eigenvalue weighted by Crippen LogP contribution is 2.33. The Labute approximate surface area is 249 Å². The first kappa shape index (κ1) is 28.7. The van der Waals surface area contributed by atoms with Crippen LogP contribution >= 0.6 is 0 Å². The molecule has 2 aromatic carbocycles. The van der Waals surface area contributed by atoms with Crippen LogP contribution in [0.15, 0.2) is 48.7 Å². The molecule has 2 aromatic heterocycles. The molecular weight excluding hydrogens is 551 g/mol. The molecule has 2 saturated heterocycles. The van der Waals surface area contributed by atoms with Gasteiger partial charge in [0.2, 0.25) is 5.88 Å². The molecule has 43 heavy (non-hydrogen) atoms. The van der Waals surface area contributed by atoms with E-state index in [0.717, 1.165) is 61.6 Å². The molecule has 0 radical (unpaired) electrons. The summed E-state index contributed by atoms with van der Waals surface area (Å²) >= 11 is 0. The van der Waals surface area contributed by atoms with E-state index in [1.54, 1.807) is 30.5 Å². The summed E-state index contributed by atoms with van der Waals surface area (Å²) in [5.74, 6) is 1.38. The molecule has 2 aliphatic rings. The normalized spacial score (nSPS) is 18.1. The van der Waals surface area contributed by atoms with E-state index >= 15 is 0 Å². The molecule has 10 nitrogen and oxygen atoms in total. The predicted molar refractivity (Wildman–Crippen MR) is 155 cm³/mol. The first-order valence-electron chi connectivity index (χ1n) is 14.5. The Morgan fingerprint density at radius 1 is 1.16 bits per heavy atom. The van der Waals surface area contributed by atoms with Crippen molar-refractivity contribution in [2.75, 3.05) is 26.8 Å². The minimum Gasteiger partial charge on any atom is -0.473 e. The Kier molecular flexibility index (Phi) is 8.31. The van der Waals surface area contributed by atoms with Gasteiger partial charge >= 0.3 is 5.97 Å². The second-order valence-electron chi connectivity index (χ2n) is 11.0. The van der Waals surface area contributed by atoms with Gasteiger partial charge < -0.3 is 18.8 Å². The maximum absolute atomic E-state index is 14.3. The lowest BCUT2D eigenvalue weighted by Gasteiger charge is -2.36. The Hall–Kier alpha value is -4.40. The quantitative estimate of drug-likeness (QED) is 0.253. The van der Waals surface area contributed by atoms with Gasteiger partial charge in [-0.2, -0.15) is 10.2 Å². The molecule has 1 unspecified atom stereocenters. The average Bonchev–Trinajstić information content (AvgIpc) is 3.39. The van der Waals surface area contributed by atoms with Gasteiger partial charge in [-0.25, -0.2) is 19.2 Å². The molecule has 0 N–H and O–H groups in total. The molecule has 11 heteroatoms. The number of esters is 1. The number of methoxy groups -OCH3 is 1. The Bertz CT molecular complexity index is 1670. The fourth-order valence-electron chi connectivity index (χ4n) is 5.76. The predicted octanol–water partition coefficient (Wildman–Crippen LogP) is 4.93. The maximum atomic E-state index is 14.3. The number of fused-ring (bicyclic) bond motifs is 1. The van der Waals surface area contributed by atoms with Crippen LogP contribution in [0.1, 0.15) is 71.3 Å². The first-order valence-corrected chi connectivity index (χ1v) is 14.5. The SMILES string of the molecule is COC(=O)c1ccc2nc(C(C)N3CCC(c4nccc(OCc5ccc(C#N)cc5F)n4)CC3)n(C[C@@H]3CCO3)c2c1. The fraction of sp³-hybridized carbons (Fsp3) is 0.406. The van der Waals surface area contributed by atoms with Crippen molar-refractivity contribution >= 4 is 17.0 Å². The van der Waals surface area contributed by atoms with Crippen molar-refractivity contribution in [1.82, 2.24) is 24.4 Å². The van der Waals surface area contributed by atoms with Gasteiger partial charge in [0.1, 0.15) is 24.1 Å². The molecule has 6 rings (SSSR count). The van der Waals surface area contributed by atoms with Crippen molar-refractivity contribution in [1.29, 1.82) is 5.26 Å². The Balaban J connectivity index is 1.13. The number of likely N-dealkylation sites (tertiary alicyclic amines) is 1. The van der Waals surface area contributed by atoms with Gasteiger partial charge in [-0.15, -0.1) is 0 Å². The van der Waals surface area contributed by atoms with Gasteiger partial charge in [0.05, 0.1) is 54.0 Å². The Morgan fingerprint density at radius 2 is 1.98 bits per heavy atom. The van der Waals surface area contributed by atoms with Crippen LogP contribution in [0.2, 0.25) is 0 Å². The zero-order valence-corrected chi connectivity index (χ0v) is 24.2. The molecule has 0 amide bonds. The summed E-state index contributed by atoms with van der Waals surface area (Å²) < 4.78 is 32.9. The number of rotatable bonds is 9. The van der Waals surface area contributed by atoms with Crippen molar-refractivity contribution in [3.8, 4) is 11.9 Å². The van der Waals surface area contributed by atoms with Gasteiger partial charge in [0.25, 0.3) is 0 Å². The number of piperidine rings is 1. The smallest absolute Gasteiger partial charge is 0.337 e. The molecule has 0 spiro atoms. The third-order valence-electron chi connectivity index (χ3n) is 8.40. The number of imidazole rings is 1. The third-order valence-corrected chi connectivity index (χ3v) is 8.40. The molecule has 2 aliphatic heterocycles. The Morgan fingerprint density at radius 3 is 2.67 bits per heavy atom. The van der Waals surface area contributed by atoms with Crippen LogP contribution in [0.5, 0.6) is 5.88 Å². The minimum absolute atomic E-state index is 0.0119. The average molecular weight is 585 g/mol. The van der Waals surface area contributed by atoms with Crippen molar-refractivity contribution in [2.24, 2.45) is 0 Å². The number of benzene rings is 2. The van der Waals surface area contributed by atoms with E-state index < -0.39 is 5.82 Å². The van der Waals surface area contributed by atoms with Crippen LogP contribution in [0.3, 0.4) is 0 Å². The topological polar surface area (TPSA) is 115 Å². The second kappa shape index (κ2) is 12.5. The summed E-state index contributed by atoms with van der Waals surface area (Å²) in [5, 5.41) is 8.95. The van der Waals surface area contributed by atoms with E-state index in [2.05, 4.69) is 26.4 Å². The number of hydrogen-bond donors (Lipinski definition) is 0. The van der Waals surface area contributed by atoms with Crippen LogP contribution in [0.4, 0.5) is 4.39 Å². The van der Waals surface area contributed by atoms with Gasteiger partial charge in [0.15, 0.2) is 0 Å². The summed E-state index contributed by atoms with van der Waals surface area (Å²) in [7, 11) is 1.38. The van der Waals surface area contributed by atoms with E-state index in [1.807, 2.05) is 18.2 Å². The number of carbonyl (C=O) groups is 1. The molecule has 4 aromatic rings. The zero-order chi connectivity index (χ0) is 29.9. The monoisotopic (exact) mass is 584 g/mol. The van der Waals surface area contributed by atoms with Gasteiger partial charge in [-0.3, -0.25) is 4.90 Å². The largest absolute Gasteiger partial charge is 0.473 e. The number of ether oxygens (including phenoxy) is 3. The van der Waals surface area contributed by atoms with Crippen molar-refractivity contribution < 1.29 is 23.4 Å². The second-order valence-corrected chi connectivity index (χ2v) is 11.0. The summed E-state index contributed by atoms with van der Waals surface area (Å²) in [6.07, 6.45) is 4.55. The summed E-state index contributed by atoms with van der Waals surface area (Å²) in [6.45, 7) is 5.32. The van der Waals surface area contributed by atoms with E-state index in [4.69, 9.17) is 24.5 Å². The highest BCUT2D eigenvalue weighted by Gasteiger charge is 2.30. The number of halogens is 1.